The molecule has 0 spiro atoms. The van der Waals surface area contributed by atoms with Crippen LogP contribution in [0.1, 0.15) is 6.92 Å². The van der Waals surface area contributed by atoms with E-state index in [2.05, 4.69) is 6.58 Å². The molecule has 0 radical (unpaired) electrons. The highest BCUT2D eigenvalue weighted by atomic mass is 32.2. The van der Waals surface area contributed by atoms with E-state index in [-0.39, 0.29) is 11.7 Å². The monoisotopic (exact) mass is 132 g/mol. The van der Waals surface area contributed by atoms with E-state index in [4.69, 9.17) is 5.11 Å². The summed E-state index contributed by atoms with van der Waals surface area (Å²) in [5, 5.41) is 8.27. The van der Waals surface area contributed by atoms with E-state index < -0.39 is 0 Å². The Bertz CT molecular complexity index is 109. The number of carbonyl (C=O) groups is 1. The van der Waals surface area contributed by atoms with Crippen LogP contribution in [0.4, 0.5) is 0 Å². The number of aliphatic hydroxyl groups is 1. The summed E-state index contributed by atoms with van der Waals surface area (Å²) in [7, 11) is 0. The van der Waals surface area contributed by atoms with Gasteiger partial charge in [0.15, 0.2) is 5.12 Å². The smallest absolute Gasteiger partial charge is 0.190 e. The Morgan fingerprint density at radius 2 is 2.38 bits per heavy atom. The second kappa shape index (κ2) is 3.69. The van der Waals surface area contributed by atoms with E-state index in [0.717, 1.165) is 11.8 Å². The summed E-state index contributed by atoms with van der Waals surface area (Å²) in [6.45, 7) is 4.72. The Morgan fingerprint density at radius 1 is 1.88 bits per heavy atom. The van der Waals surface area contributed by atoms with Crippen LogP contribution < -0.4 is 0 Å². The van der Waals surface area contributed by atoms with Crippen molar-refractivity contribution >= 4 is 16.9 Å². The maximum atomic E-state index is 10.2. The molecule has 0 atom stereocenters. The molecule has 0 saturated carbocycles. The van der Waals surface area contributed by atoms with Crippen LogP contribution in [0, 0.1) is 0 Å². The van der Waals surface area contributed by atoms with Crippen LogP contribution in [0.15, 0.2) is 11.5 Å². The van der Waals surface area contributed by atoms with Crippen molar-refractivity contribution in [3.63, 3.8) is 0 Å². The van der Waals surface area contributed by atoms with Gasteiger partial charge in [-0.15, -0.1) is 0 Å². The van der Waals surface area contributed by atoms with Gasteiger partial charge in [0.2, 0.25) is 0 Å². The molecule has 2 nitrogen and oxygen atoms in total. The normalized spacial score (nSPS) is 8.75. The number of thioether (sulfide) groups is 1. The number of hydrogen-bond donors (Lipinski definition) is 1. The molecule has 1 N–H and O–H groups in total. The molecule has 0 unspecified atom stereocenters. The van der Waals surface area contributed by atoms with E-state index in [9.17, 15) is 4.79 Å². The first kappa shape index (κ1) is 7.72. The molecule has 0 aromatic carbocycles. The lowest BCUT2D eigenvalue weighted by atomic mass is 10.7. The lowest BCUT2D eigenvalue weighted by Gasteiger charge is -1.92. The van der Waals surface area contributed by atoms with Crippen LogP contribution in [-0.4, -0.2) is 16.8 Å². The zero-order valence-electron chi connectivity index (χ0n) is 4.68. The first-order valence-electron chi connectivity index (χ1n) is 2.14. The second-order valence-corrected chi connectivity index (χ2v) is 2.65. The van der Waals surface area contributed by atoms with Crippen molar-refractivity contribution in [2.24, 2.45) is 0 Å². The summed E-state index contributed by atoms with van der Waals surface area (Å²) in [5.41, 5.74) is 0. The first-order valence-corrected chi connectivity index (χ1v) is 2.95. The van der Waals surface area contributed by atoms with Crippen molar-refractivity contribution in [3.8, 4) is 0 Å². The fraction of sp³-hybridized carbons (Fsp3) is 0.400. The van der Waals surface area contributed by atoms with Gasteiger partial charge >= 0.3 is 0 Å². The van der Waals surface area contributed by atoms with E-state index >= 15 is 0 Å². The molecule has 0 aliphatic rings. The highest BCUT2D eigenvalue weighted by Crippen LogP contribution is 2.11. The molecule has 0 aromatic heterocycles. The van der Waals surface area contributed by atoms with Gasteiger partial charge < -0.3 is 5.11 Å². The van der Waals surface area contributed by atoms with Gasteiger partial charge in [-0.1, -0.05) is 18.3 Å². The fourth-order valence-electron chi connectivity index (χ4n) is 0.236. The minimum atomic E-state index is -0.121. The molecule has 0 bridgehead atoms. The molecule has 0 heterocycles. The lowest BCUT2D eigenvalue weighted by molar-refractivity contribution is -0.109. The molecule has 0 amide bonds. The molecule has 8 heavy (non-hydrogen) atoms. The largest absolute Gasteiger partial charge is 0.391 e. The Hall–Kier alpha value is -0.280. The third-order valence-electron chi connectivity index (χ3n) is 0.464. The molecular weight excluding hydrogens is 124 g/mol. The van der Waals surface area contributed by atoms with Crippen molar-refractivity contribution in [2.45, 2.75) is 6.92 Å². The topological polar surface area (TPSA) is 37.3 Å². The number of aliphatic hydroxyl groups excluding tert-OH is 1. The number of rotatable bonds is 2. The lowest BCUT2D eigenvalue weighted by Crippen LogP contribution is -1.86. The highest BCUT2D eigenvalue weighted by Gasteiger charge is 1.95. The first-order chi connectivity index (χ1) is 3.66. The third kappa shape index (κ3) is 3.89. The minimum Gasteiger partial charge on any atom is -0.391 e. The Kier molecular flexibility index (Phi) is 3.56. The average molecular weight is 132 g/mol. The van der Waals surface area contributed by atoms with Crippen LogP contribution in [0.3, 0.4) is 0 Å². The van der Waals surface area contributed by atoms with Crippen molar-refractivity contribution in [1.29, 1.82) is 0 Å². The van der Waals surface area contributed by atoms with Crippen LogP contribution in [0.2, 0.25) is 0 Å². The zero-order valence-corrected chi connectivity index (χ0v) is 5.49. The standard InChI is InChI=1S/C5H8O2S/c1-4(3-6)8-5(2)7/h6H,1,3H2,2H3. The average Bonchev–Trinajstić information content (AvgIpc) is 1.65. The van der Waals surface area contributed by atoms with Gasteiger partial charge in [-0.2, -0.15) is 0 Å². The molecule has 0 fully saturated rings. The molecule has 0 aliphatic carbocycles. The Balaban J connectivity index is 3.40. The van der Waals surface area contributed by atoms with Gasteiger partial charge in [0.25, 0.3) is 0 Å². The van der Waals surface area contributed by atoms with Gasteiger partial charge in [-0.25, -0.2) is 0 Å². The minimum absolute atomic E-state index is 0.0379. The quantitative estimate of drug-likeness (QED) is 0.603. The van der Waals surface area contributed by atoms with Crippen LogP contribution in [0.25, 0.3) is 0 Å². The second-order valence-electron chi connectivity index (χ2n) is 1.29. The Morgan fingerprint density at radius 3 is 2.50 bits per heavy atom. The number of carbonyl (C=O) groups excluding carboxylic acids is 1. The highest BCUT2D eigenvalue weighted by molar-refractivity contribution is 8.16. The van der Waals surface area contributed by atoms with Crippen molar-refractivity contribution in [3.05, 3.63) is 11.5 Å². The summed E-state index contributed by atoms with van der Waals surface area (Å²) >= 11 is 0.971. The van der Waals surface area contributed by atoms with Gasteiger partial charge in [-0.3, -0.25) is 4.79 Å². The fourth-order valence-corrected chi connectivity index (χ4v) is 0.707. The van der Waals surface area contributed by atoms with Gasteiger partial charge in [-0.05, 0) is 0 Å². The maximum absolute atomic E-state index is 10.2. The summed E-state index contributed by atoms with van der Waals surface area (Å²) in [6.07, 6.45) is 0. The van der Waals surface area contributed by atoms with Crippen molar-refractivity contribution < 1.29 is 9.90 Å². The summed E-state index contributed by atoms with van der Waals surface area (Å²) < 4.78 is 0. The molecule has 0 rings (SSSR count). The molecule has 46 valence electrons. The molecular formula is C5H8O2S. The SMILES string of the molecule is C=C(CO)SC(C)=O. The van der Waals surface area contributed by atoms with Gasteiger partial charge in [0.05, 0.1) is 6.61 Å². The Labute approximate surface area is 52.6 Å². The van der Waals surface area contributed by atoms with Gasteiger partial charge in [0.1, 0.15) is 0 Å². The van der Waals surface area contributed by atoms with E-state index in [1.54, 1.807) is 0 Å². The van der Waals surface area contributed by atoms with Crippen LogP contribution in [-0.2, 0) is 4.79 Å². The number of hydrogen-bond acceptors (Lipinski definition) is 3. The van der Waals surface area contributed by atoms with E-state index in [1.807, 2.05) is 0 Å². The van der Waals surface area contributed by atoms with E-state index in [1.165, 1.54) is 6.92 Å². The van der Waals surface area contributed by atoms with E-state index in [0.29, 0.717) is 4.91 Å². The molecule has 0 saturated heterocycles. The predicted octanol–water partition coefficient (Wildman–Crippen LogP) is 0.772. The third-order valence-corrected chi connectivity index (χ3v) is 1.17. The molecule has 0 aromatic rings. The summed E-state index contributed by atoms with van der Waals surface area (Å²) in [4.78, 5) is 10.7. The van der Waals surface area contributed by atoms with Crippen molar-refractivity contribution in [2.75, 3.05) is 6.61 Å². The predicted molar refractivity (Wildman–Crippen MR) is 34.5 cm³/mol. The molecule has 0 aliphatic heterocycles. The summed E-state index contributed by atoms with van der Waals surface area (Å²) in [6, 6.07) is 0. The van der Waals surface area contributed by atoms with Gasteiger partial charge in [0, 0.05) is 11.8 Å². The molecule has 3 heteroatoms. The summed E-state index contributed by atoms with van der Waals surface area (Å²) in [5.74, 6) is 0. The van der Waals surface area contributed by atoms with Crippen LogP contribution in [0.5, 0.6) is 0 Å². The maximum Gasteiger partial charge on any atom is 0.190 e. The van der Waals surface area contributed by atoms with Crippen LogP contribution >= 0.6 is 11.8 Å². The van der Waals surface area contributed by atoms with Crippen molar-refractivity contribution in [1.82, 2.24) is 0 Å². The zero-order chi connectivity index (χ0) is 6.57.